The number of nitrogens with zero attached hydrogens (tertiary/aromatic N) is 1. The Morgan fingerprint density at radius 1 is 0.848 bits per heavy atom. The lowest BCUT2D eigenvalue weighted by Crippen LogP contribution is -2.46. The Morgan fingerprint density at radius 2 is 1.42 bits per heavy atom. The van der Waals surface area contributed by atoms with E-state index in [1.165, 1.54) is 29.5 Å². The summed E-state index contributed by atoms with van der Waals surface area (Å²) in [6.07, 6.45) is 2.60. The van der Waals surface area contributed by atoms with Gasteiger partial charge in [-0.1, -0.05) is 84.9 Å². The van der Waals surface area contributed by atoms with Crippen LogP contribution in [-0.2, 0) is 11.3 Å². The molecule has 3 aromatic carbocycles. The van der Waals surface area contributed by atoms with E-state index < -0.39 is 0 Å². The summed E-state index contributed by atoms with van der Waals surface area (Å²) < 4.78 is 0. The van der Waals surface area contributed by atoms with E-state index in [0.717, 1.165) is 31.7 Å². The van der Waals surface area contributed by atoms with Crippen LogP contribution in [0, 0.1) is 17.8 Å². The highest BCUT2D eigenvalue weighted by Crippen LogP contribution is 2.42. The normalized spacial score (nSPS) is 23.2. The Kier molecular flexibility index (Phi) is 6.59. The fourth-order valence-corrected chi connectivity index (χ4v) is 5.85. The first-order valence-corrected chi connectivity index (χ1v) is 12.4. The van der Waals surface area contributed by atoms with Crippen LogP contribution in [0.1, 0.15) is 36.8 Å². The van der Waals surface area contributed by atoms with Crippen molar-refractivity contribution in [3.05, 3.63) is 96.1 Å². The van der Waals surface area contributed by atoms with Crippen LogP contribution in [0.25, 0.3) is 11.1 Å². The summed E-state index contributed by atoms with van der Waals surface area (Å²) in [5.41, 5.74) is 4.87. The van der Waals surface area contributed by atoms with Gasteiger partial charge in [-0.05, 0) is 59.8 Å². The van der Waals surface area contributed by atoms with Gasteiger partial charge in [0.2, 0.25) is 5.91 Å². The molecule has 0 aromatic heterocycles. The molecule has 1 heterocycles. The third-order valence-corrected chi connectivity index (χ3v) is 7.78. The van der Waals surface area contributed by atoms with E-state index in [2.05, 4.69) is 89.1 Å². The predicted molar refractivity (Wildman–Crippen MR) is 135 cm³/mol. The molecule has 1 saturated carbocycles. The average molecular weight is 439 g/mol. The highest BCUT2D eigenvalue weighted by Gasteiger charge is 2.41. The Labute approximate surface area is 197 Å². The van der Waals surface area contributed by atoms with Crippen LogP contribution < -0.4 is 5.32 Å². The van der Waals surface area contributed by atoms with E-state index in [1.807, 2.05) is 13.0 Å². The van der Waals surface area contributed by atoms with Crippen molar-refractivity contribution in [2.45, 2.75) is 32.2 Å². The van der Waals surface area contributed by atoms with Gasteiger partial charge in [0, 0.05) is 26.2 Å². The number of carbonyl (C=O) groups excluding carboxylic acids is 1. The van der Waals surface area contributed by atoms with Gasteiger partial charge in [-0.25, -0.2) is 0 Å². The monoisotopic (exact) mass is 438 g/mol. The molecule has 1 saturated heterocycles. The van der Waals surface area contributed by atoms with Gasteiger partial charge >= 0.3 is 0 Å². The summed E-state index contributed by atoms with van der Waals surface area (Å²) in [7, 11) is 0. The lowest BCUT2D eigenvalue weighted by atomic mass is 9.84. The van der Waals surface area contributed by atoms with Gasteiger partial charge in [-0.3, -0.25) is 9.69 Å². The molecule has 1 amide bonds. The molecule has 3 aromatic rings. The number of amides is 1. The SMILES string of the molecule is CC(C(=O)NCC1C2CCC1CN(Cc1ccccc1)C2)c1ccc(-c2ccccc2)cc1. The molecule has 3 heteroatoms. The summed E-state index contributed by atoms with van der Waals surface area (Å²) in [4.78, 5) is 15.6. The lowest BCUT2D eigenvalue weighted by molar-refractivity contribution is -0.122. The van der Waals surface area contributed by atoms with Crippen LogP contribution >= 0.6 is 0 Å². The molecule has 2 bridgehead atoms. The van der Waals surface area contributed by atoms with Crippen LogP contribution in [0.4, 0.5) is 0 Å². The fourth-order valence-electron chi connectivity index (χ4n) is 5.85. The van der Waals surface area contributed by atoms with Gasteiger partial charge in [0.25, 0.3) is 0 Å². The minimum atomic E-state index is -0.134. The standard InChI is InChI=1S/C30H34N2O/c1-22(24-12-14-26(15-13-24)25-10-6-3-7-11-25)30(33)31-18-29-27-16-17-28(29)21-32(20-27)19-23-8-4-2-5-9-23/h2-15,22,27-29H,16-21H2,1H3,(H,31,33). The topological polar surface area (TPSA) is 32.3 Å². The summed E-state index contributed by atoms with van der Waals surface area (Å²) in [5, 5.41) is 3.30. The molecule has 170 valence electrons. The Bertz CT molecular complexity index is 1030. The van der Waals surface area contributed by atoms with Crippen molar-refractivity contribution in [3.8, 4) is 11.1 Å². The van der Waals surface area contributed by atoms with Crippen molar-refractivity contribution in [2.24, 2.45) is 17.8 Å². The van der Waals surface area contributed by atoms with Gasteiger partial charge in [-0.15, -0.1) is 0 Å². The zero-order valence-corrected chi connectivity index (χ0v) is 19.5. The maximum atomic E-state index is 13.0. The van der Waals surface area contributed by atoms with Crippen LogP contribution in [0.5, 0.6) is 0 Å². The van der Waals surface area contributed by atoms with Crippen molar-refractivity contribution in [3.63, 3.8) is 0 Å². The second kappa shape index (κ2) is 9.93. The molecule has 5 rings (SSSR count). The number of nitrogens with one attached hydrogen (secondary N) is 1. The molecule has 3 atom stereocenters. The van der Waals surface area contributed by atoms with Crippen molar-refractivity contribution in [1.82, 2.24) is 10.2 Å². The molecule has 33 heavy (non-hydrogen) atoms. The first-order valence-electron chi connectivity index (χ1n) is 12.4. The van der Waals surface area contributed by atoms with Crippen LogP contribution in [0.2, 0.25) is 0 Å². The second-order valence-corrected chi connectivity index (χ2v) is 9.90. The molecule has 2 fully saturated rings. The Morgan fingerprint density at radius 3 is 2.06 bits per heavy atom. The Hall–Kier alpha value is -2.91. The number of piperidine rings is 1. The number of rotatable bonds is 7. The van der Waals surface area contributed by atoms with Crippen LogP contribution in [-0.4, -0.2) is 30.4 Å². The number of fused-ring (bicyclic) bond motifs is 2. The summed E-state index contributed by atoms with van der Waals surface area (Å²) in [6, 6.07) is 29.6. The molecule has 1 aliphatic heterocycles. The molecule has 3 nitrogen and oxygen atoms in total. The maximum Gasteiger partial charge on any atom is 0.227 e. The third-order valence-electron chi connectivity index (χ3n) is 7.78. The van der Waals surface area contributed by atoms with Crippen molar-refractivity contribution in [2.75, 3.05) is 19.6 Å². The highest BCUT2D eigenvalue weighted by molar-refractivity contribution is 5.83. The average Bonchev–Trinajstić information content (AvgIpc) is 3.11. The molecule has 0 spiro atoms. The summed E-state index contributed by atoms with van der Waals surface area (Å²) in [5.74, 6) is 2.04. The molecule has 0 radical (unpaired) electrons. The van der Waals surface area contributed by atoms with E-state index in [1.54, 1.807) is 0 Å². The van der Waals surface area contributed by atoms with E-state index >= 15 is 0 Å². The van der Waals surface area contributed by atoms with Gasteiger partial charge in [0.15, 0.2) is 0 Å². The van der Waals surface area contributed by atoms with Crippen molar-refractivity contribution in [1.29, 1.82) is 0 Å². The number of carbonyl (C=O) groups is 1. The fraction of sp³-hybridized carbons (Fsp3) is 0.367. The molecule has 3 unspecified atom stereocenters. The summed E-state index contributed by atoms with van der Waals surface area (Å²) >= 11 is 0. The molecule has 1 aliphatic carbocycles. The van der Waals surface area contributed by atoms with E-state index in [-0.39, 0.29) is 11.8 Å². The van der Waals surface area contributed by atoms with Gasteiger partial charge in [-0.2, -0.15) is 0 Å². The second-order valence-electron chi connectivity index (χ2n) is 9.90. The van der Waals surface area contributed by atoms with Crippen LogP contribution in [0.15, 0.2) is 84.9 Å². The van der Waals surface area contributed by atoms with E-state index in [4.69, 9.17) is 0 Å². The largest absolute Gasteiger partial charge is 0.355 e. The van der Waals surface area contributed by atoms with Gasteiger partial charge < -0.3 is 5.32 Å². The number of benzene rings is 3. The quantitative estimate of drug-likeness (QED) is 0.511. The maximum absolute atomic E-state index is 13.0. The molecule has 2 aliphatic rings. The Balaban J connectivity index is 1.14. The first kappa shape index (κ1) is 21.9. The van der Waals surface area contributed by atoms with E-state index in [9.17, 15) is 4.79 Å². The van der Waals surface area contributed by atoms with E-state index in [0.29, 0.717) is 17.8 Å². The van der Waals surface area contributed by atoms with Gasteiger partial charge in [0.05, 0.1) is 5.92 Å². The zero-order valence-electron chi connectivity index (χ0n) is 19.5. The summed E-state index contributed by atoms with van der Waals surface area (Å²) in [6.45, 7) is 6.19. The van der Waals surface area contributed by atoms with Crippen molar-refractivity contribution >= 4 is 5.91 Å². The van der Waals surface area contributed by atoms with Crippen LogP contribution in [0.3, 0.4) is 0 Å². The smallest absolute Gasteiger partial charge is 0.227 e. The third kappa shape index (κ3) is 5.04. The molecular formula is C30H34N2O. The number of hydrogen-bond acceptors (Lipinski definition) is 2. The van der Waals surface area contributed by atoms with Gasteiger partial charge in [0.1, 0.15) is 0 Å². The zero-order chi connectivity index (χ0) is 22.6. The minimum Gasteiger partial charge on any atom is -0.355 e. The predicted octanol–water partition coefficient (Wildman–Crippen LogP) is 5.73. The molecule has 1 N–H and O–H groups in total. The lowest BCUT2D eigenvalue weighted by Gasteiger charge is -2.38. The highest BCUT2D eigenvalue weighted by atomic mass is 16.1. The minimum absolute atomic E-state index is 0.134. The first-order chi connectivity index (χ1) is 16.2. The molecular weight excluding hydrogens is 404 g/mol. The van der Waals surface area contributed by atoms with Crippen molar-refractivity contribution < 1.29 is 4.79 Å². The number of hydrogen-bond donors (Lipinski definition) is 1. The number of likely N-dealkylation sites (tertiary alicyclic amines) is 1.